The summed E-state index contributed by atoms with van der Waals surface area (Å²) in [6, 6.07) is 15.6. The second kappa shape index (κ2) is 8.77. The molecular weight excluding hydrogens is 346 g/mol. The van der Waals surface area contributed by atoms with Gasteiger partial charge in [0, 0.05) is 12.6 Å². The zero-order chi connectivity index (χ0) is 18.5. The minimum atomic E-state index is -1.45. The Kier molecular flexibility index (Phi) is 6.43. The fourth-order valence-corrected chi connectivity index (χ4v) is 4.17. The summed E-state index contributed by atoms with van der Waals surface area (Å²) in [5.41, 5.74) is 8.87. The molecule has 2 aliphatic rings. The Balaban J connectivity index is 0.000000170. The number of hydrogen-bond acceptors (Lipinski definition) is 4. The molecule has 1 heterocycles. The first kappa shape index (κ1) is 19.0. The molecule has 6 heteroatoms. The number of nitrogens with two attached hydrogens (primary N) is 2. The van der Waals surface area contributed by atoms with E-state index in [1.165, 1.54) is 56.6 Å². The molecule has 4 rings (SSSR count). The highest BCUT2D eigenvalue weighted by Crippen LogP contribution is 2.28. The van der Waals surface area contributed by atoms with Crippen molar-refractivity contribution in [2.45, 2.75) is 30.2 Å². The molecular formula is C20H27N3O2S. The van der Waals surface area contributed by atoms with Crippen LogP contribution in [0.5, 0.6) is 5.75 Å². The van der Waals surface area contributed by atoms with Crippen LogP contribution in [0.2, 0.25) is 0 Å². The first-order chi connectivity index (χ1) is 12.6. The first-order valence-electron chi connectivity index (χ1n) is 9.03. The van der Waals surface area contributed by atoms with Gasteiger partial charge < -0.3 is 10.8 Å². The molecule has 2 aromatic rings. The van der Waals surface area contributed by atoms with Crippen molar-refractivity contribution >= 4 is 11.0 Å². The zero-order valence-electron chi connectivity index (χ0n) is 14.9. The van der Waals surface area contributed by atoms with Crippen molar-refractivity contribution in [2.75, 3.05) is 19.6 Å². The molecule has 0 amide bonds. The Labute approximate surface area is 157 Å². The standard InChI is InChI=1S/C14H20N2.C6H7NO2S/c15-9-11-5-6-16(10-11)14-7-12-3-1-2-4-13(12)8-14;7-10(9)6-3-1-5(8)2-4-6/h1-4,11,14H,5-10,15H2;1-4,8H,7H2. The van der Waals surface area contributed by atoms with Crippen LogP contribution in [0.3, 0.4) is 0 Å². The summed E-state index contributed by atoms with van der Waals surface area (Å²) in [6.07, 6.45) is 3.78. The van der Waals surface area contributed by atoms with E-state index in [4.69, 9.17) is 16.0 Å². The van der Waals surface area contributed by atoms with Crippen molar-refractivity contribution in [3.63, 3.8) is 0 Å². The van der Waals surface area contributed by atoms with Gasteiger partial charge in [-0.25, -0.2) is 9.35 Å². The predicted molar refractivity (Wildman–Crippen MR) is 105 cm³/mol. The molecule has 1 aliphatic heterocycles. The fraction of sp³-hybridized carbons (Fsp3) is 0.400. The van der Waals surface area contributed by atoms with Gasteiger partial charge in [-0.15, -0.1) is 0 Å². The van der Waals surface area contributed by atoms with Gasteiger partial charge in [0.25, 0.3) is 0 Å². The van der Waals surface area contributed by atoms with Crippen LogP contribution < -0.4 is 10.9 Å². The van der Waals surface area contributed by atoms with Gasteiger partial charge >= 0.3 is 0 Å². The van der Waals surface area contributed by atoms with E-state index in [0.717, 1.165) is 18.5 Å². The number of hydrogen-bond donors (Lipinski definition) is 3. The van der Waals surface area contributed by atoms with E-state index < -0.39 is 11.0 Å². The van der Waals surface area contributed by atoms with Crippen LogP contribution in [0, 0.1) is 5.92 Å². The van der Waals surface area contributed by atoms with E-state index in [1.54, 1.807) is 11.1 Å². The molecule has 0 aromatic heterocycles. The molecule has 5 nitrogen and oxygen atoms in total. The third-order valence-corrected chi connectivity index (χ3v) is 6.00. The van der Waals surface area contributed by atoms with Crippen LogP contribution in [-0.4, -0.2) is 39.9 Å². The Morgan fingerprint density at radius 3 is 2.19 bits per heavy atom. The lowest BCUT2D eigenvalue weighted by atomic mass is 10.1. The summed E-state index contributed by atoms with van der Waals surface area (Å²) >= 11 is 0. The Morgan fingerprint density at radius 2 is 1.69 bits per heavy atom. The number of nitrogens with zero attached hydrogens (tertiary/aromatic N) is 1. The van der Waals surface area contributed by atoms with Gasteiger partial charge in [-0.3, -0.25) is 4.90 Å². The second-order valence-electron chi connectivity index (χ2n) is 7.01. The molecule has 0 spiro atoms. The molecule has 1 fully saturated rings. The molecule has 140 valence electrons. The first-order valence-corrected chi connectivity index (χ1v) is 10.2. The SMILES string of the molecule is NCC1CCN(C2Cc3ccccc3C2)C1.NS(=O)c1ccc(O)cc1. The van der Waals surface area contributed by atoms with Crippen molar-refractivity contribution in [3.8, 4) is 5.75 Å². The molecule has 1 aliphatic carbocycles. The van der Waals surface area contributed by atoms with Gasteiger partial charge in [0.05, 0.1) is 4.90 Å². The highest BCUT2D eigenvalue weighted by atomic mass is 32.2. The lowest BCUT2D eigenvalue weighted by Crippen LogP contribution is -2.34. The smallest absolute Gasteiger partial charge is 0.122 e. The van der Waals surface area contributed by atoms with Crippen LogP contribution in [0.15, 0.2) is 53.4 Å². The largest absolute Gasteiger partial charge is 0.508 e. The summed E-state index contributed by atoms with van der Waals surface area (Å²) < 4.78 is 10.6. The Morgan fingerprint density at radius 1 is 1.08 bits per heavy atom. The summed E-state index contributed by atoms with van der Waals surface area (Å²) in [7, 11) is -1.45. The minimum Gasteiger partial charge on any atom is -0.508 e. The van der Waals surface area contributed by atoms with E-state index in [0.29, 0.717) is 4.90 Å². The predicted octanol–water partition coefficient (Wildman–Crippen LogP) is 1.81. The average molecular weight is 374 g/mol. The Bertz CT molecular complexity index is 726. The molecule has 0 saturated carbocycles. The monoisotopic (exact) mass is 373 g/mol. The van der Waals surface area contributed by atoms with E-state index in [2.05, 4.69) is 29.2 Å². The Hall–Kier alpha value is -1.73. The highest BCUT2D eigenvalue weighted by Gasteiger charge is 2.31. The van der Waals surface area contributed by atoms with Crippen LogP contribution in [0.25, 0.3) is 0 Å². The van der Waals surface area contributed by atoms with Crippen molar-refractivity contribution in [1.29, 1.82) is 0 Å². The van der Waals surface area contributed by atoms with Crippen molar-refractivity contribution in [1.82, 2.24) is 4.90 Å². The molecule has 2 atom stereocenters. The number of phenolic OH excluding ortho intramolecular Hbond substituents is 1. The van der Waals surface area contributed by atoms with E-state index >= 15 is 0 Å². The lowest BCUT2D eigenvalue weighted by Gasteiger charge is -2.23. The normalized spacial score (nSPS) is 21.1. The third-order valence-electron chi connectivity index (χ3n) is 5.27. The third kappa shape index (κ3) is 4.71. The molecule has 0 radical (unpaired) electrons. The molecule has 1 saturated heterocycles. The maximum atomic E-state index is 10.6. The van der Waals surface area contributed by atoms with E-state index in [9.17, 15) is 4.21 Å². The number of rotatable bonds is 3. The lowest BCUT2D eigenvalue weighted by molar-refractivity contribution is 0.241. The van der Waals surface area contributed by atoms with Crippen LogP contribution in [-0.2, 0) is 23.8 Å². The van der Waals surface area contributed by atoms with Gasteiger partial charge in [0.2, 0.25) is 0 Å². The van der Waals surface area contributed by atoms with Crippen LogP contribution in [0.1, 0.15) is 17.5 Å². The summed E-state index contributed by atoms with van der Waals surface area (Å²) in [5.74, 6) is 0.887. The molecule has 26 heavy (non-hydrogen) atoms. The zero-order valence-corrected chi connectivity index (χ0v) is 15.7. The second-order valence-corrected chi connectivity index (χ2v) is 8.07. The van der Waals surface area contributed by atoms with Gasteiger partial charge in [-0.1, -0.05) is 24.3 Å². The van der Waals surface area contributed by atoms with Crippen molar-refractivity contribution in [3.05, 3.63) is 59.7 Å². The van der Waals surface area contributed by atoms with Gasteiger partial charge in [-0.05, 0) is 73.7 Å². The fourth-order valence-electron chi connectivity index (χ4n) is 3.76. The molecule has 2 aromatic carbocycles. The van der Waals surface area contributed by atoms with Gasteiger partial charge in [-0.2, -0.15) is 0 Å². The summed E-state index contributed by atoms with van der Waals surface area (Å²) in [6.45, 7) is 3.33. The molecule has 0 bridgehead atoms. The number of fused-ring (bicyclic) bond motifs is 1. The number of aromatic hydroxyl groups is 1. The summed E-state index contributed by atoms with van der Waals surface area (Å²) in [5, 5.41) is 13.9. The van der Waals surface area contributed by atoms with E-state index in [-0.39, 0.29) is 5.75 Å². The highest BCUT2D eigenvalue weighted by molar-refractivity contribution is 7.82. The van der Waals surface area contributed by atoms with Gasteiger partial charge in [0.15, 0.2) is 0 Å². The topological polar surface area (TPSA) is 92.6 Å². The molecule has 5 N–H and O–H groups in total. The number of benzene rings is 2. The summed E-state index contributed by atoms with van der Waals surface area (Å²) in [4.78, 5) is 3.16. The van der Waals surface area contributed by atoms with E-state index in [1.807, 2.05) is 0 Å². The van der Waals surface area contributed by atoms with Crippen LogP contribution in [0.4, 0.5) is 0 Å². The maximum absolute atomic E-state index is 10.6. The number of likely N-dealkylation sites (tertiary alicyclic amines) is 1. The minimum absolute atomic E-state index is 0.147. The average Bonchev–Trinajstić information content (AvgIpc) is 3.29. The quantitative estimate of drug-likeness (QED) is 0.765. The number of phenols is 1. The molecule has 2 unspecified atom stereocenters. The van der Waals surface area contributed by atoms with Gasteiger partial charge in [0.1, 0.15) is 16.7 Å². The maximum Gasteiger partial charge on any atom is 0.122 e. The van der Waals surface area contributed by atoms with Crippen LogP contribution >= 0.6 is 0 Å². The van der Waals surface area contributed by atoms with Crippen molar-refractivity contribution < 1.29 is 9.32 Å². The van der Waals surface area contributed by atoms with Crippen molar-refractivity contribution in [2.24, 2.45) is 16.8 Å².